The number of nitrogens with zero attached hydrogens (tertiary/aromatic N) is 1. The Morgan fingerprint density at radius 2 is 1.85 bits per heavy atom. The Hall–Kier alpha value is -1.76. The molecule has 0 aliphatic carbocycles. The third-order valence-corrected chi connectivity index (χ3v) is 4.67. The van der Waals surface area contributed by atoms with Gasteiger partial charge in [-0.15, -0.1) is 0 Å². The minimum absolute atomic E-state index is 0.0379. The topological polar surface area (TPSA) is 72.9 Å². The second-order valence-corrected chi connectivity index (χ2v) is 6.77. The van der Waals surface area contributed by atoms with E-state index in [4.69, 9.17) is 9.47 Å². The predicted molar refractivity (Wildman–Crippen MR) is 72.8 cm³/mol. The highest BCUT2D eigenvalue weighted by Gasteiger charge is 2.20. The van der Waals surface area contributed by atoms with Crippen molar-refractivity contribution in [1.29, 1.82) is 0 Å². The average Bonchev–Trinajstić information content (AvgIpc) is 2.44. The maximum atomic E-state index is 12.2. The largest absolute Gasteiger partial charge is 0.486 e. The van der Waals surface area contributed by atoms with Crippen LogP contribution in [0.3, 0.4) is 0 Å². The van der Waals surface area contributed by atoms with Gasteiger partial charge < -0.3 is 14.4 Å². The molecule has 0 unspecified atom stereocenters. The second kappa shape index (κ2) is 5.70. The lowest BCUT2D eigenvalue weighted by Crippen LogP contribution is -2.24. The zero-order chi connectivity index (χ0) is 14.8. The Morgan fingerprint density at radius 3 is 2.50 bits per heavy atom. The molecule has 1 aliphatic rings. The lowest BCUT2D eigenvalue weighted by Gasteiger charge is -2.18. The number of hydrogen-bond acceptors (Lipinski definition) is 5. The van der Waals surface area contributed by atoms with Gasteiger partial charge in [-0.05, 0) is 12.1 Å². The van der Waals surface area contributed by atoms with Gasteiger partial charge in [0.15, 0.2) is 21.3 Å². The summed E-state index contributed by atoms with van der Waals surface area (Å²) in [6, 6.07) is 4.50. The highest BCUT2D eigenvalue weighted by atomic mass is 32.2. The summed E-state index contributed by atoms with van der Waals surface area (Å²) in [5.74, 6) is 0.533. The fourth-order valence-electron chi connectivity index (χ4n) is 1.78. The van der Waals surface area contributed by atoms with Crippen LogP contribution in [0, 0.1) is 0 Å². The molecule has 0 saturated carbocycles. The third-order valence-electron chi connectivity index (χ3n) is 2.96. The van der Waals surface area contributed by atoms with Crippen molar-refractivity contribution >= 4 is 15.7 Å². The van der Waals surface area contributed by atoms with Gasteiger partial charge >= 0.3 is 0 Å². The Kier molecular flexibility index (Phi) is 4.17. The molecular weight excluding hydrogens is 282 g/mol. The van der Waals surface area contributed by atoms with Gasteiger partial charge in [-0.3, -0.25) is 4.79 Å². The third kappa shape index (κ3) is 3.22. The molecule has 1 aromatic rings. The molecule has 1 heterocycles. The highest BCUT2D eigenvalue weighted by molar-refractivity contribution is 7.91. The molecule has 6 nitrogen and oxygen atoms in total. The van der Waals surface area contributed by atoms with Crippen molar-refractivity contribution in [1.82, 2.24) is 4.90 Å². The maximum Gasteiger partial charge on any atom is 0.223 e. The minimum atomic E-state index is -3.51. The molecule has 1 aliphatic heterocycles. The molecule has 110 valence electrons. The number of sulfone groups is 1. The molecular formula is C13H17NO5S. The second-order valence-electron chi connectivity index (χ2n) is 4.66. The molecule has 0 fully saturated rings. The number of amides is 1. The van der Waals surface area contributed by atoms with Crippen LogP contribution in [0.15, 0.2) is 23.1 Å². The van der Waals surface area contributed by atoms with Gasteiger partial charge in [0.25, 0.3) is 0 Å². The van der Waals surface area contributed by atoms with E-state index in [0.29, 0.717) is 24.7 Å². The van der Waals surface area contributed by atoms with E-state index in [1.54, 1.807) is 20.2 Å². The monoisotopic (exact) mass is 299 g/mol. The molecule has 2 rings (SSSR count). The minimum Gasteiger partial charge on any atom is -0.486 e. The summed E-state index contributed by atoms with van der Waals surface area (Å²) in [5, 5.41) is 0. The molecule has 0 N–H and O–H groups in total. The number of fused-ring (bicyclic) bond motifs is 1. The van der Waals surface area contributed by atoms with E-state index >= 15 is 0 Å². The van der Waals surface area contributed by atoms with E-state index < -0.39 is 9.84 Å². The van der Waals surface area contributed by atoms with Crippen LogP contribution in [-0.4, -0.2) is 52.3 Å². The Morgan fingerprint density at radius 1 is 1.20 bits per heavy atom. The van der Waals surface area contributed by atoms with Gasteiger partial charge in [-0.25, -0.2) is 8.42 Å². The molecule has 0 bridgehead atoms. The number of carbonyl (C=O) groups excluding carboxylic acids is 1. The van der Waals surface area contributed by atoms with Crippen LogP contribution in [-0.2, 0) is 14.6 Å². The van der Waals surface area contributed by atoms with E-state index in [-0.39, 0.29) is 23.0 Å². The first-order valence-corrected chi connectivity index (χ1v) is 7.88. The summed E-state index contributed by atoms with van der Waals surface area (Å²) in [4.78, 5) is 13.0. The van der Waals surface area contributed by atoms with E-state index in [1.165, 1.54) is 17.0 Å². The van der Waals surface area contributed by atoms with Gasteiger partial charge in [0.1, 0.15) is 13.2 Å². The molecule has 1 amide bonds. The van der Waals surface area contributed by atoms with Crippen molar-refractivity contribution in [3.05, 3.63) is 18.2 Å². The van der Waals surface area contributed by atoms with Gasteiger partial charge in [-0.1, -0.05) is 0 Å². The summed E-state index contributed by atoms with van der Waals surface area (Å²) < 4.78 is 35.1. The Labute approximate surface area is 118 Å². The van der Waals surface area contributed by atoms with Gasteiger partial charge in [0.05, 0.1) is 10.6 Å². The summed E-state index contributed by atoms with van der Waals surface area (Å²) in [7, 11) is -0.313. The van der Waals surface area contributed by atoms with Gasteiger partial charge in [-0.2, -0.15) is 0 Å². The van der Waals surface area contributed by atoms with Crippen LogP contribution in [0.1, 0.15) is 6.42 Å². The normalized spacial score (nSPS) is 13.9. The molecule has 1 aromatic carbocycles. The standard InChI is InChI=1S/C13H17NO5S/c1-14(2)13(15)5-8-20(16,17)10-3-4-11-12(9-10)19-7-6-18-11/h3-4,9H,5-8H2,1-2H3. The number of benzene rings is 1. The highest BCUT2D eigenvalue weighted by Crippen LogP contribution is 2.32. The molecule has 0 saturated heterocycles. The maximum absolute atomic E-state index is 12.2. The van der Waals surface area contributed by atoms with E-state index in [0.717, 1.165) is 0 Å². The smallest absolute Gasteiger partial charge is 0.223 e. The van der Waals surface area contributed by atoms with E-state index in [2.05, 4.69) is 0 Å². The van der Waals surface area contributed by atoms with Crippen molar-refractivity contribution in [2.45, 2.75) is 11.3 Å². The van der Waals surface area contributed by atoms with E-state index in [1.807, 2.05) is 0 Å². The molecule has 0 radical (unpaired) electrons. The fraction of sp³-hybridized carbons (Fsp3) is 0.462. The first kappa shape index (κ1) is 14.6. The number of ether oxygens (including phenoxy) is 2. The van der Waals surface area contributed by atoms with Crippen LogP contribution in [0.4, 0.5) is 0 Å². The van der Waals surface area contributed by atoms with Crippen molar-refractivity contribution in [2.24, 2.45) is 0 Å². The van der Waals surface area contributed by atoms with Gasteiger partial charge in [0, 0.05) is 26.6 Å². The summed E-state index contributed by atoms with van der Waals surface area (Å²) in [6.07, 6.45) is -0.0379. The molecule has 7 heteroatoms. The Bertz CT molecular complexity index is 609. The van der Waals surface area contributed by atoms with Crippen LogP contribution >= 0.6 is 0 Å². The molecule has 0 aromatic heterocycles. The number of rotatable bonds is 4. The summed E-state index contributed by atoms with van der Waals surface area (Å²) >= 11 is 0. The van der Waals surface area contributed by atoms with Crippen molar-refractivity contribution < 1.29 is 22.7 Å². The number of hydrogen-bond donors (Lipinski definition) is 0. The lowest BCUT2D eigenvalue weighted by atomic mass is 10.3. The average molecular weight is 299 g/mol. The number of carbonyl (C=O) groups is 1. The van der Waals surface area contributed by atoms with Crippen LogP contribution in [0.2, 0.25) is 0 Å². The zero-order valence-electron chi connectivity index (χ0n) is 11.5. The van der Waals surface area contributed by atoms with E-state index in [9.17, 15) is 13.2 Å². The van der Waals surface area contributed by atoms with Crippen molar-refractivity contribution in [3.8, 4) is 11.5 Å². The van der Waals surface area contributed by atoms with Crippen LogP contribution in [0.5, 0.6) is 11.5 Å². The predicted octanol–water partition coefficient (Wildman–Crippen LogP) is 0.710. The Balaban J connectivity index is 2.15. The van der Waals surface area contributed by atoms with Gasteiger partial charge in [0.2, 0.25) is 5.91 Å². The lowest BCUT2D eigenvalue weighted by molar-refractivity contribution is -0.128. The molecule has 20 heavy (non-hydrogen) atoms. The van der Waals surface area contributed by atoms with Crippen LogP contribution in [0.25, 0.3) is 0 Å². The SMILES string of the molecule is CN(C)C(=O)CCS(=O)(=O)c1ccc2c(c1)OCCO2. The van der Waals surface area contributed by atoms with Crippen molar-refractivity contribution in [2.75, 3.05) is 33.1 Å². The van der Waals surface area contributed by atoms with Crippen molar-refractivity contribution in [3.63, 3.8) is 0 Å². The fourth-order valence-corrected chi connectivity index (χ4v) is 3.02. The zero-order valence-corrected chi connectivity index (χ0v) is 12.3. The quantitative estimate of drug-likeness (QED) is 0.818. The first-order chi connectivity index (χ1) is 9.40. The molecule has 0 atom stereocenters. The molecule has 0 spiro atoms. The van der Waals surface area contributed by atoms with Crippen LogP contribution < -0.4 is 9.47 Å². The summed E-state index contributed by atoms with van der Waals surface area (Å²) in [5.41, 5.74) is 0. The summed E-state index contributed by atoms with van der Waals surface area (Å²) in [6.45, 7) is 0.853. The first-order valence-electron chi connectivity index (χ1n) is 6.23.